The number of benzene rings is 1. The van der Waals surface area contributed by atoms with Crippen molar-refractivity contribution in [3.8, 4) is 5.75 Å². The number of para-hydroxylation sites is 1. The Labute approximate surface area is 163 Å². The molecule has 2 N–H and O–H groups in total. The van der Waals surface area contributed by atoms with Crippen LogP contribution in [0.3, 0.4) is 0 Å². The Balaban J connectivity index is 1.96. The van der Waals surface area contributed by atoms with Gasteiger partial charge in [0.05, 0.1) is 17.2 Å². The van der Waals surface area contributed by atoms with E-state index in [1.54, 1.807) is 13.2 Å². The van der Waals surface area contributed by atoms with Gasteiger partial charge in [0.1, 0.15) is 12.4 Å². The van der Waals surface area contributed by atoms with Crippen molar-refractivity contribution in [1.29, 1.82) is 0 Å². The highest BCUT2D eigenvalue weighted by Crippen LogP contribution is 2.37. The molecule has 2 aliphatic rings. The first-order valence-electron chi connectivity index (χ1n) is 9.04. The maximum atomic E-state index is 12.0. The molecule has 27 heavy (non-hydrogen) atoms. The number of hydrogen-bond donors (Lipinski definition) is 2. The first-order valence-corrected chi connectivity index (χ1v) is 9.86. The van der Waals surface area contributed by atoms with Crippen LogP contribution in [0.5, 0.6) is 5.75 Å². The third kappa shape index (κ3) is 4.82. The van der Waals surface area contributed by atoms with Crippen LogP contribution in [0.1, 0.15) is 18.4 Å². The van der Waals surface area contributed by atoms with Crippen LogP contribution >= 0.6 is 11.8 Å². The van der Waals surface area contributed by atoms with E-state index < -0.39 is 0 Å². The van der Waals surface area contributed by atoms with Gasteiger partial charge in [-0.1, -0.05) is 12.1 Å². The summed E-state index contributed by atoms with van der Waals surface area (Å²) in [7, 11) is 3.61. The maximum Gasteiger partial charge on any atom is 0.290 e. The minimum atomic E-state index is -0.353. The summed E-state index contributed by atoms with van der Waals surface area (Å²) >= 11 is 0.926. The normalized spacial score (nSPS) is 21.6. The molecule has 1 aromatic carbocycles. The molecule has 1 atom stereocenters. The molecule has 0 spiro atoms. The average molecular weight is 391 g/mol. The molecule has 2 heterocycles. The Hall–Kier alpha value is -2.03. The minimum absolute atomic E-state index is 0.339. The van der Waals surface area contributed by atoms with Crippen LogP contribution in [0.15, 0.2) is 23.1 Å². The van der Waals surface area contributed by atoms with Crippen LogP contribution in [-0.2, 0) is 9.53 Å². The molecule has 1 aromatic rings. The summed E-state index contributed by atoms with van der Waals surface area (Å²) in [6.45, 7) is 2.71. The van der Waals surface area contributed by atoms with Crippen molar-refractivity contribution < 1.29 is 19.1 Å². The average Bonchev–Trinajstić information content (AvgIpc) is 2.99. The maximum absolute atomic E-state index is 12.0. The van der Waals surface area contributed by atoms with E-state index in [0.29, 0.717) is 24.2 Å². The molecule has 0 radical (unpaired) electrons. The molecule has 0 unspecified atom stereocenters. The summed E-state index contributed by atoms with van der Waals surface area (Å²) < 4.78 is 11.1. The van der Waals surface area contributed by atoms with E-state index in [-0.39, 0.29) is 11.1 Å². The van der Waals surface area contributed by atoms with E-state index in [2.05, 4.69) is 15.5 Å². The number of rotatable bonds is 7. The van der Waals surface area contributed by atoms with Gasteiger partial charge in [-0.25, -0.2) is 0 Å². The molecular formula is C19H25N3O4S. The molecular weight excluding hydrogens is 366 g/mol. The van der Waals surface area contributed by atoms with Gasteiger partial charge in [0.25, 0.3) is 11.1 Å². The highest BCUT2D eigenvalue weighted by Gasteiger charge is 2.27. The highest BCUT2D eigenvalue weighted by atomic mass is 32.2. The quantitative estimate of drug-likeness (QED) is 0.545. The number of amides is 2. The van der Waals surface area contributed by atoms with Crippen molar-refractivity contribution in [3.63, 3.8) is 0 Å². The number of nitrogens with one attached hydrogen (secondary N) is 2. The number of thioether (sulfide) groups is 1. The fourth-order valence-electron chi connectivity index (χ4n) is 3.32. The lowest BCUT2D eigenvalue weighted by atomic mass is 10.0. The summed E-state index contributed by atoms with van der Waals surface area (Å²) in [5.41, 5.74) is 1.82. The van der Waals surface area contributed by atoms with E-state index in [1.165, 1.54) is 0 Å². The third-order valence-corrected chi connectivity index (χ3v) is 5.46. The number of carbonyl (C=O) groups excluding carboxylic acids is 2. The summed E-state index contributed by atoms with van der Waals surface area (Å²) in [6, 6.07) is 6.18. The largest absolute Gasteiger partial charge is 0.489 e. The zero-order chi connectivity index (χ0) is 19.2. The predicted molar refractivity (Wildman–Crippen MR) is 107 cm³/mol. The van der Waals surface area contributed by atoms with Crippen LogP contribution < -0.4 is 20.3 Å². The molecule has 0 aromatic heterocycles. The van der Waals surface area contributed by atoms with Gasteiger partial charge >= 0.3 is 0 Å². The third-order valence-electron chi connectivity index (χ3n) is 4.65. The van der Waals surface area contributed by atoms with Crippen molar-refractivity contribution in [2.75, 3.05) is 45.4 Å². The molecule has 2 saturated heterocycles. The van der Waals surface area contributed by atoms with Gasteiger partial charge in [0.2, 0.25) is 0 Å². The standard InChI is InChI=1S/C19H25N3O4S/c1-20-14-6-4-8-22(12-14)17-13(11-16-18(23)21-19(24)27-16)5-3-7-15(17)26-10-9-25-2/h3,5,7,11,14,20H,4,6,8-10,12H2,1-2H3,(H,21,23,24)/b16-11-/t14-/m1/s1. The van der Waals surface area contributed by atoms with Crippen LogP contribution in [-0.4, -0.2) is 57.6 Å². The summed E-state index contributed by atoms with van der Waals surface area (Å²) in [6.07, 6.45) is 3.97. The molecule has 2 aliphatic heterocycles. The van der Waals surface area contributed by atoms with Gasteiger partial charge in [-0.3, -0.25) is 14.9 Å². The molecule has 2 fully saturated rings. The SMILES string of the molecule is CN[C@@H]1CCCN(c2c(/C=C3\SC(=O)NC3=O)cccc2OCCOC)C1. The van der Waals surface area contributed by atoms with Gasteiger partial charge < -0.3 is 19.7 Å². The van der Waals surface area contributed by atoms with Crippen LogP contribution in [0.25, 0.3) is 6.08 Å². The first kappa shape index (κ1) is 19.7. The van der Waals surface area contributed by atoms with E-state index in [4.69, 9.17) is 9.47 Å². The zero-order valence-corrected chi connectivity index (χ0v) is 16.4. The number of piperidine rings is 1. The van der Waals surface area contributed by atoms with Gasteiger partial charge in [0, 0.05) is 31.8 Å². The number of anilines is 1. The van der Waals surface area contributed by atoms with E-state index in [1.807, 2.05) is 25.2 Å². The Morgan fingerprint density at radius 1 is 1.37 bits per heavy atom. The number of nitrogens with zero attached hydrogens (tertiary/aromatic N) is 1. The van der Waals surface area contributed by atoms with Gasteiger partial charge in [-0.2, -0.15) is 0 Å². The number of ether oxygens (including phenoxy) is 2. The fourth-order valence-corrected chi connectivity index (χ4v) is 4.00. The summed E-state index contributed by atoms with van der Waals surface area (Å²) in [5.74, 6) is 0.404. The van der Waals surface area contributed by atoms with Gasteiger partial charge in [0.15, 0.2) is 0 Å². The number of carbonyl (C=O) groups is 2. The summed E-state index contributed by atoms with van der Waals surface area (Å²) in [4.78, 5) is 26.2. The van der Waals surface area contributed by atoms with Crippen molar-refractivity contribution in [2.24, 2.45) is 0 Å². The number of likely N-dealkylation sites (N-methyl/N-ethyl adjacent to an activating group) is 1. The molecule has 0 saturated carbocycles. The molecule has 0 bridgehead atoms. The number of imide groups is 1. The van der Waals surface area contributed by atoms with E-state index in [0.717, 1.165) is 54.7 Å². The van der Waals surface area contributed by atoms with E-state index >= 15 is 0 Å². The van der Waals surface area contributed by atoms with Crippen molar-refractivity contribution in [3.05, 3.63) is 28.7 Å². The van der Waals surface area contributed by atoms with Gasteiger partial charge in [-0.05, 0) is 43.8 Å². The van der Waals surface area contributed by atoms with Crippen LogP contribution in [0.2, 0.25) is 0 Å². The monoisotopic (exact) mass is 391 g/mol. The molecule has 146 valence electrons. The fraction of sp³-hybridized carbons (Fsp3) is 0.474. The molecule has 0 aliphatic carbocycles. The molecule has 3 rings (SSSR count). The lowest BCUT2D eigenvalue weighted by Crippen LogP contribution is -2.44. The number of methoxy groups -OCH3 is 1. The Morgan fingerprint density at radius 2 is 2.22 bits per heavy atom. The topological polar surface area (TPSA) is 79.9 Å². The van der Waals surface area contributed by atoms with E-state index in [9.17, 15) is 9.59 Å². The smallest absolute Gasteiger partial charge is 0.290 e. The minimum Gasteiger partial charge on any atom is -0.489 e. The Bertz CT molecular complexity index is 738. The van der Waals surface area contributed by atoms with Crippen LogP contribution in [0.4, 0.5) is 10.5 Å². The lowest BCUT2D eigenvalue weighted by molar-refractivity contribution is -0.115. The second-order valence-electron chi connectivity index (χ2n) is 6.46. The summed E-state index contributed by atoms with van der Waals surface area (Å²) in [5, 5.41) is 5.31. The van der Waals surface area contributed by atoms with Gasteiger partial charge in [-0.15, -0.1) is 0 Å². The molecule has 7 nitrogen and oxygen atoms in total. The zero-order valence-electron chi connectivity index (χ0n) is 15.6. The second-order valence-corrected chi connectivity index (χ2v) is 7.48. The Morgan fingerprint density at radius 3 is 2.93 bits per heavy atom. The van der Waals surface area contributed by atoms with Crippen molar-refractivity contribution >= 4 is 34.7 Å². The second kappa shape index (κ2) is 9.25. The highest BCUT2D eigenvalue weighted by molar-refractivity contribution is 8.18. The molecule has 2 amide bonds. The Kier molecular flexibility index (Phi) is 6.76. The predicted octanol–water partition coefficient (Wildman–Crippen LogP) is 2.22. The van der Waals surface area contributed by atoms with Crippen LogP contribution in [0, 0.1) is 0 Å². The van der Waals surface area contributed by atoms with Crippen molar-refractivity contribution in [1.82, 2.24) is 10.6 Å². The van der Waals surface area contributed by atoms with Crippen molar-refractivity contribution in [2.45, 2.75) is 18.9 Å². The molecule has 8 heteroatoms. The number of hydrogen-bond acceptors (Lipinski definition) is 7. The lowest BCUT2D eigenvalue weighted by Gasteiger charge is -2.36. The first-order chi connectivity index (χ1) is 13.1.